The van der Waals surface area contributed by atoms with Gasteiger partial charge in [-0.15, -0.1) is 0 Å². The van der Waals surface area contributed by atoms with Gasteiger partial charge in [0.1, 0.15) is 11.9 Å². The van der Waals surface area contributed by atoms with E-state index in [1.54, 1.807) is 6.07 Å². The van der Waals surface area contributed by atoms with E-state index in [2.05, 4.69) is 21.7 Å². The normalized spacial score (nSPS) is 19.0. The molecule has 1 fully saturated rings. The predicted octanol–water partition coefficient (Wildman–Crippen LogP) is 2.08. The summed E-state index contributed by atoms with van der Waals surface area (Å²) in [4.78, 5) is 4.31. The molecule has 1 unspecified atom stereocenters. The summed E-state index contributed by atoms with van der Waals surface area (Å²) >= 11 is 6.07. The van der Waals surface area contributed by atoms with E-state index in [0.717, 1.165) is 13.1 Å². The highest BCUT2D eigenvalue weighted by Gasteiger charge is 2.14. The number of rotatable bonds is 3. The Morgan fingerprint density at radius 3 is 3.18 bits per heavy atom. The van der Waals surface area contributed by atoms with E-state index >= 15 is 0 Å². The summed E-state index contributed by atoms with van der Waals surface area (Å²) < 4.78 is 0. The van der Waals surface area contributed by atoms with Crippen LogP contribution in [0.15, 0.2) is 6.07 Å². The first kappa shape index (κ1) is 12.2. The summed E-state index contributed by atoms with van der Waals surface area (Å²) in [6.07, 6.45) is 2.40. The van der Waals surface area contributed by atoms with Crippen LogP contribution in [-0.2, 0) is 0 Å². The molecule has 0 bridgehead atoms. The Morgan fingerprint density at radius 2 is 2.53 bits per heavy atom. The maximum Gasteiger partial charge on any atom is 0.145 e. The highest BCUT2D eigenvalue weighted by atomic mass is 35.5. The molecule has 1 aromatic heterocycles. The van der Waals surface area contributed by atoms with Gasteiger partial charge >= 0.3 is 0 Å². The third kappa shape index (κ3) is 2.87. The Kier molecular flexibility index (Phi) is 3.82. The van der Waals surface area contributed by atoms with E-state index in [9.17, 15) is 0 Å². The van der Waals surface area contributed by atoms with E-state index in [-0.39, 0.29) is 0 Å². The lowest BCUT2D eigenvalue weighted by Gasteiger charge is -2.13. The lowest BCUT2D eigenvalue weighted by atomic mass is 10.2. The molecule has 1 saturated heterocycles. The summed E-state index contributed by atoms with van der Waals surface area (Å²) in [5.74, 6) is 0.664. The molecule has 0 amide bonds. The maximum absolute atomic E-state index is 8.86. The molecule has 5 heteroatoms. The van der Waals surface area contributed by atoms with Gasteiger partial charge in [-0.3, -0.25) is 0 Å². The van der Waals surface area contributed by atoms with Gasteiger partial charge in [0.25, 0.3) is 0 Å². The number of aromatic nitrogens is 1. The largest absolute Gasteiger partial charge is 0.367 e. The van der Waals surface area contributed by atoms with Gasteiger partial charge in [0.2, 0.25) is 0 Å². The number of nitrogens with zero attached hydrogens (tertiary/aromatic N) is 2. The lowest BCUT2D eigenvalue weighted by Crippen LogP contribution is -2.29. The Hall–Kier alpha value is -1.31. The van der Waals surface area contributed by atoms with Gasteiger partial charge in [0.05, 0.1) is 16.3 Å². The van der Waals surface area contributed by atoms with Gasteiger partial charge < -0.3 is 10.6 Å². The Balaban J connectivity index is 2.05. The van der Waals surface area contributed by atoms with E-state index in [1.165, 1.54) is 12.8 Å². The zero-order chi connectivity index (χ0) is 12.3. The van der Waals surface area contributed by atoms with Crippen molar-refractivity contribution < 1.29 is 0 Å². The smallest absolute Gasteiger partial charge is 0.145 e. The molecule has 1 aliphatic heterocycles. The first-order valence-corrected chi connectivity index (χ1v) is 6.13. The van der Waals surface area contributed by atoms with Crippen LogP contribution in [0.2, 0.25) is 5.02 Å². The first-order valence-electron chi connectivity index (χ1n) is 5.75. The molecule has 0 aromatic carbocycles. The molecular formula is C12H15ClN4. The van der Waals surface area contributed by atoms with Crippen molar-refractivity contribution >= 4 is 17.4 Å². The van der Waals surface area contributed by atoms with Crippen molar-refractivity contribution in [2.24, 2.45) is 0 Å². The fourth-order valence-corrected chi connectivity index (χ4v) is 2.19. The molecule has 4 nitrogen and oxygen atoms in total. The SMILES string of the molecule is Cc1nc(NCC2CCCN2)c(Cl)cc1C#N. The summed E-state index contributed by atoms with van der Waals surface area (Å²) in [5, 5.41) is 16.0. The number of pyridine rings is 1. The molecule has 90 valence electrons. The summed E-state index contributed by atoms with van der Waals surface area (Å²) in [6, 6.07) is 4.22. The van der Waals surface area contributed by atoms with E-state index < -0.39 is 0 Å². The van der Waals surface area contributed by atoms with Crippen molar-refractivity contribution in [1.29, 1.82) is 5.26 Å². The summed E-state index contributed by atoms with van der Waals surface area (Å²) in [6.45, 7) is 3.71. The number of nitrogens with one attached hydrogen (secondary N) is 2. The van der Waals surface area contributed by atoms with E-state index in [0.29, 0.717) is 28.1 Å². The van der Waals surface area contributed by atoms with Gasteiger partial charge in [0.15, 0.2) is 0 Å². The lowest BCUT2D eigenvalue weighted by molar-refractivity contribution is 0.632. The van der Waals surface area contributed by atoms with Crippen LogP contribution < -0.4 is 10.6 Å². The van der Waals surface area contributed by atoms with Gasteiger partial charge in [0, 0.05) is 12.6 Å². The highest BCUT2D eigenvalue weighted by Crippen LogP contribution is 2.22. The second kappa shape index (κ2) is 5.35. The first-order chi connectivity index (χ1) is 8.20. The van der Waals surface area contributed by atoms with Crippen LogP contribution in [0.5, 0.6) is 0 Å². The molecule has 17 heavy (non-hydrogen) atoms. The Bertz CT molecular complexity index is 447. The number of aryl methyl sites for hydroxylation is 1. The summed E-state index contributed by atoms with van der Waals surface area (Å²) in [7, 11) is 0. The van der Waals surface area contributed by atoms with Gasteiger partial charge in [-0.2, -0.15) is 5.26 Å². The zero-order valence-corrected chi connectivity index (χ0v) is 10.5. The van der Waals surface area contributed by atoms with Crippen LogP contribution in [0.4, 0.5) is 5.82 Å². The Morgan fingerprint density at radius 1 is 1.71 bits per heavy atom. The standard InChI is InChI=1S/C12H15ClN4/c1-8-9(6-14)5-11(13)12(17-8)16-7-10-3-2-4-15-10/h5,10,15H,2-4,7H2,1H3,(H,16,17). The monoisotopic (exact) mass is 250 g/mol. The fraction of sp³-hybridized carbons (Fsp3) is 0.500. The Labute approximate surface area is 106 Å². The molecule has 2 N–H and O–H groups in total. The van der Waals surface area contributed by atoms with Crippen molar-refractivity contribution in [2.75, 3.05) is 18.4 Å². The topological polar surface area (TPSA) is 60.7 Å². The van der Waals surface area contributed by atoms with Crippen LogP contribution in [0, 0.1) is 18.3 Å². The zero-order valence-electron chi connectivity index (χ0n) is 9.76. The molecule has 1 atom stereocenters. The molecule has 0 radical (unpaired) electrons. The van der Waals surface area contributed by atoms with Crippen LogP contribution in [0.1, 0.15) is 24.1 Å². The molecule has 0 saturated carbocycles. The second-order valence-electron chi connectivity index (χ2n) is 4.24. The van der Waals surface area contributed by atoms with Crippen molar-refractivity contribution in [3.05, 3.63) is 22.3 Å². The van der Waals surface area contributed by atoms with Crippen LogP contribution in [-0.4, -0.2) is 24.1 Å². The number of hydrogen-bond acceptors (Lipinski definition) is 4. The molecular weight excluding hydrogens is 236 g/mol. The molecule has 0 aliphatic carbocycles. The third-order valence-electron chi connectivity index (χ3n) is 2.97. The van der Waals surface area contributed by atoms with Gasteiger partial charge in [-0.05, 0) is 32.4 Å². The van der Waals surface area contributed by atoms with Crippen molar-refractivity contribution in [3.8, 4) is 6.07 Å². The molecule has 1 aromatic rings. The van der Waals surface area contributed by atoms with Gasteiger partial charge in [-0.25, -0.2) is 4.98 Å². The van der Waals surface area contributed by atoms with Crippen LogP contribution in [0.25, 0.3) is 0 Å². The van der Waals surface area contributed by atoms with Crippen molar-refractivity contribution in [2.45, 2.75) is 25.8 Å². The van der Waals surface area contributed by atoms with E-state index in [4.69, 9.17) is 16.9 Å². The molecule has 1 aliphatic rings. The van der Waals surface area contributed by atoms with Crippen molar-refractivity contribution in [3.63, 3.8) is 0 Å². The third-order valence-corrected chi connectivity index (χ3v) is 3.25. The number of nitriles is 1. The van der Waals surface area contributed by atoms with Crippen molar-refractivity contribution in [1.82, 2.24) is 10.3 Å². The van der Waals surface area contributed by atoms with Gasteiger partial charge in [-0.1, -0.05) is 11.6 Å². The molecule has 0 spiro atoms. The number of hydrogen-bond donors (Lipinski definition) is 2. The minimum absolute atomic E-state index is 0.490. The summed E-state index contributed by atoms with van der Waals surface area (Å²) in [5.41, 5.74) is 1.23. The quantitative estimate of drug-likeness (QED) is 0.862. The van der Waals surface area contributed by atoms with Crippen LogP contribution >= 0.6 is 11.6 Å². The molecule has 2 heterocycles. The predicted molar refractivity (Wildman–Crippen MR) is 68.2 cm³/mol. The minimum atomic E-state index is 0.490. The molecule has 2 rings (SSSR count). The maximum atomic E-state index is 8.86. The number of halogens is 1. The highest BCUT2D eigenvalue weighted by molar-refractivity contribution is 6.33. The van der Waals surface area contributed by atoms with Crippen LogP contribution in [0.3, 0.4) is 0 Å². The average Bonchev–Trinajstić information content (AvgIpc) is 2.82. The minimum Gasteiger partial charge on any atom is -0.367 e. The van der Waals surface area contributed by atoms with E-state index in [1.807, 2.05) is 6.92 Å². The fourth-order valence-electron chi connectivity index (χ4n) is 1.97. The average molecular weight is 251 g/mol. The number of anilines is 1. The second-order valence-corrected chi connectivity index (χ2v) is 4.64.